The van der Waals surface area contributed by atoms with E-state index >= 15 is 0 Å². The largest absolute Gasteiger partial charge is 0.329 e. The van der Waals surface area contributed by atoms with Crippen LogP contribution in [0.2, 0.25) is 0 Å². The average Bonchev–Trinajstić information content (AvgIpc) is 2.60. The minimum atomic E-state index is 0.0320. The number of rotatable bonds is 0. The van der Waals surface area contributed by atoms with Gasteiger partial charge in [-0.05, 0) is 0 Å². The number of aromatic amines is 1. The number of carbonyl (C=O) groups excluding carboxylic acids is 1. The molecule has 3 rings (SSSR count). The monoisotopic (exact) mass is 164 g/mol. The minimum absolute atomic E-state index is 0.0320. The Kier molecular flexibility index (Phi) is 0.905. The maximum Gasteiger partial charge on any atom is 0.318 e. The molecule has 2 aliphatic rings. The molecule has 5 heteroatoms. The molecule has 1 atom stereocenters. The van der Waals surface area contributed by atoms with Gasteiger partial charge in [-0.2, -0.15) is 5.10 Å². The summed E-state index contributed by atoms with van der Waals surface area (Å²) in [7, 11) is 0. The number of hydrogen-bond acceptors (Lipinski definition) is 2. The number of fused-ring (bicyclic) bond motifs is 4. The molecule has 0 aliphatic carbocycles. The van der Waals surface area contributed by atoms with E-state index in [1.54, 1.807) is 11.1 Å². The molecule has 1 fully saturated rings. The van der Waals surface area contributed by atoms with Crippen LogP contribution >= 0.6 is 0 Å². The van der Waals surface area contributed by atoms with E-state index in [-0.39, 0.29) is 12.1 Å². The molecule has 1 saturated heterocycles. The highest BCUT2D eigenvalue weighted by atomic mass is 16.2. The van der Waals surface area contributed by atoms with Gasteiger partial charge in [0.2, 0.25) is 0 Å². The molecule has 2 amide bonds. The van der Waals surface area contributed by atoms with Gasteiger partial charge in [0.05, 0.1) is 24.5 Å². The third-order valence-corrected chi connectivity index (χ3v) is 2.46. The van der Waals surface area contributed by atoms with Crippen molar-refractivity contribution in [2.45, 2.75) is 12.6 Å². The summed E-state index contributed by atoms with van der Waals surface area (Å²) in [5.74, 6) is 0. The van der Waals surface area contributed by atoms with Gasteiger partial charge in [-0.15, -0.1) is 0 Å². The van der Waals surface area contributed by atoms with E-state index < -0.39 is 0 Å². The summed E-state index contributed by atoms with van der Waals surface area (Å²) in [6, 6.07) is 0.185. The second-order valence-corrected chi connectivity index (χ2v) is 3.19. The van der Waals surface area contributed by atoms with Crippen molar-refractivity contribution in [1.82, 2.24) is 20.4 Å². The van der Waals surface area contributed by atoms with Crippen LogP contribution in [0, 0.1) is 0 Å². The second kappa shape index (κ2) is 1.80. The predicted octanol–water partition coefficient (Wildman–Crippen LogP) is -0.0104. The Hall–Kier alpha value is -1.52. The standard InChI is InChI=1S/C7H8N4O/c12-7-9-5-2-11(7)3-6-4(5)1-8-10-6/h1,5H,2-3H2,(H,8,10)(H,9,12). The van der Waals surface area contributed by atoms with E-state index in [4.69, 9.17) is 0 Å². The van der Waals surface area contributed by atoms with E-state index in [1.807, 2.05) is 0 Å². The first kappa shape index (κ1) is 6.05. The SMILES string of the molecule is O=C1NC2CN1Cc1[nH]ncc12. The summed E-state index contributed by atoms with van der Waals surface area (Å²) in [6.07, 6.45) is 1.79. The van der Waals surface area contributed by atoms with Crippen LogP contribution in [0.5, 0.6) is 0 Å². The zero-order chi connectivity index (χ0) is 8.13. The smallest absolute Gasteiger partial charge is 0.318 e. The summed E-state index contributed by atoms with van der Waals surface area (Å²) < 4.78 is 0. The molecule has 1 aromatic heterocycles. The molecular formula is C7H8N4O. The van der Waals surface area contributed by atoms with Gasteiger partial charge < -0.3 is 10.2 Å². The number of H-pyrrole nitrogens is 1. The Bertz CT molecular complexity index is 345. The molecule has 0 spiro atoms. The molecule has 5 nitrogen and oxygen atoms in total. The molecule has 0 aromatic carbocycles. The lowest BCUT2D eigenvalue weighted by Gasteiger charge is -2.19. The third-order valence-electron chi connectivity index (χ3n) is 2.46. The lowest BCUT2D eigenvalue weighted by Crippen LogP contribution is -2.27. The van der Waals surface area contributed by atoms with Gasteiger partial charge in [0.25, 0.3) is 0 Å². The van der Waals surface area contributed by atoms with Gasteiger partial charge in [-0.25, -0.2) is 4.79 Å². The highest BCUT2D eigenvalue weighted by molar-refractivity contribution is 5.78. The van der Waals surface area contributed by atoms with Crippen molar-refractivity contribution < 1.29 is 4.79 Å². The van der Waals surface area contributed by atoms with Crippen molar-refractivity contribution in [2.75, 3.05) is 6.54 Å². The van der Waals surface area contributed by atoms with Crippen LogP contribution in [0.25, 0.3) is 0 Å². The van der Waals surface area contributed by atoms with Gasteiger partial charge in [-0.3, -0.25) is 5.10 Å². The topological polar surface area (TPSA) is 61.0 Å². The first-order valence-corrected chi connectivity index (χ1v) is 3.92. The summed E-state index contributed by atoms with van der Waals surface area (Å²) in [5.41, 5.74) is 2.20. The van der Waals surface area contributed by atoms with Crippen LogP contribution < -0.4 is 5.32 Å². The molecule has 1 unspecified atom stereocenters. The number of amides is 2. The summed E-state index contributed by atoms with van der Waals surface area (Å²) in [6.45, 7) is 1.45. The molecule has 0 radical (unpaired) electrons. The maximum atomic E-state index is 11.2. The second-order valence-electron chi connectivity index (χ2n) is 3.19. The first-order valence-electron chi connectivity index (χ1n) is 3.92. The van der Waals surface area contributed by atoms with Crippen LogP contribution in [0.3, 0.4) is 0 Å². The normalized spacial score (nSPS) is 25.5. The third kappa shape index (κ3) is 0.585. The molecule has 0 saturated carbocycles. The highest BCUT2D eigenvalue weighted by Crippen LogP contribution is 2.28. The first-order chi connectivity index (χ1) is 5.84. The fraction of sp³-hybridized carbons (Fsp3) is 0.429. The summed E-state index contributed by atoms with van der Waals surface area (Å²) >= 11 is 0. The van der Waals surface area contributed by atoms with Crippen LogP contribution in [-0.4, -0.2) is 27.7 Å². The molecule has 12 heavy (non-hydrogen) atoms. The lowest BCUT2D eigenvalue weighted by atomic mass is 10.1. The minimum Gasteiger partial charge on any atom is -0.329 e. The lowest BCUT2D eigenvalue weighted by molar-refractivity contribution is 0.214. The molecule has 2 aliphatic heterocycles. The van der Waals surface area contributed by atoms with Crippen molar-refractivity contribution in [3.8, 4) is 0 Å². The number of hydrogen-bond donors (Lipinski definition) is 2. The Labute approximate surface area is 68.7 Å². The van der Waals surface area contributed by atoms with Gasteiger partial charge >= 0.3 is 6.03 Å². The van der Waals surface area contributed by atoms with Crippen LogP contribution in [0.4, 0.5) is 4.79 Å². The van der Waals surface area contributed by atoms with Crippen molar-refractivity contribution >= 4 is 6.03 Å². The Morgan fingerprint density at radius 2 is 2.58 bits per heavy atom. The van der Waals surface area contributed by atoms with E-state index in [1.165, 1.54) is 0 Å². The number of urea groups is 1. The molecular weight excluding hydrogens is 156 g/mol. The molecule has 62 valence electrons. The number of carbonyl (C=O) groups is 1. The van der Waals surface area contributed by atoms with Gasteiger partial charge in [0.15, 0.2) is 0 Å². The fourth-order valence-corrected chi connectivity index (χ4v) is 1.84. The summed E-state index contributed by atoms with van der Waals surface area (Å²) in [5, 5.41) is 9.72. The molecule has 2 N–H and O–H groups in total. The quantitative estimate of drug-likeness (QED) is 0.566. The highest BCUT2D eigenvalue weighted by Gasteiger charge is 2.36. The zero-order valence-corrected chi connectivity index (χ0v) is 6.37. The predicted molar refractivity (Wildman–Crippen MR) is 40.3 cm³/mol. The van der Waals surface area contributed by atoms with Crippen molar-refractivity contribution in [2.24, 2.45) is 0 Å². The van der Waals surface area contributed by atoms with Gasteiger partial charge in [0.1, 0.15) is 0 Å². The van der Waals surface area contributed by atoms with Crippen molar-refractivity contribution in [3.63, 3.8) is 0 Å². The number of nitrogens with one attached hydrogen (secondary N) is 2. The van der Waals surface area contributed by atoms with Gasteiger partial charge in [-0.1, -0.05) is 0 Å². The Morgan fingerprint density at radius 3 is 3.50 bits per heavy atom. The van der Waals surface area contributed by atoms with Crippen molar-refractivity contribution in [3.05, 3.63) is 17.5 Å². The van der Waals surface area contributed by atoms with E-state index in [0.717, 1.165) is 17.8 Å². The fourth-order valence-electron chi connectivity index (χ4n) is 1.84. The molecule has 3 heterocycles. The van der Waals surface area contributed by atoms with Gasteiger partial charge in [0, 0.05) is 12.1 Å². The molecule has 2 bridgehead atoms. The van der Waals surface area contributed by atoms with E-state index in [9.17, 15) is 4.79 Å². The van der Waals surface area contributed by atoms with Crippen LogP contribution in [0.15, 0.2) is 6.20 Å². The molecule has 1 aromatic rings. The zero-order valence-electron chi connectivity index (χ0n) is 6.37. The van der Waals surface area contributed by atoms with Crippen LogP contribution in [0.1, 0.15) is 17.3 Å². The Balaban J connectivity index is 2.12. The van der Waals surface area contributed by atoms with E-state index in [2.05, 4.69) is 15.5 Å². The Morgan fingerprint density at radius 1 is 1.67 bits per heavy atom. The number of aromatic nitrogens is 2. The number of nitrogens with zero attached hydrogens (tertiary/aromatic N) is 2. The summed E-state index contributed by atoms with van der Waals surface area (Å²) in [4.78, 5) is 13.0. The van der Waals surface area contributed by atoms with E-state index in [0.29, 0.717) is 6.54 Å². The average molecular weight is 164 g/mol. The van der Waals surface area contributed by atoms with Crippen LogP contribution in [-0.2, 0) is 6.54 Å². The maximum absolute atomic E-state index is 11.2. The van der Waals surface area contributed by atoms with Crippen molar-refractivity contribution in [1.29, 1.82) is 0 Å².